The van der Waals surface area contributed by atoms with Crippen molar-refractivity contribution in [3.63, 3.8) is 0 Å². The first-order chi connectivity index (χ1) is 10.6. The maximum atomic E-state index is 12.6. The second-order valence-corrected chi connectivity index (χ2v) is 5.83. The van der Waals surface area contributed by atoms with Crippen LogP contribution in [0.5, 0.6) is 5.75 Å². The molecule has 0 fully saturated rings. The molecule has 4 nitrogen and oxygen atoms in total. The molecule has 1 amide bonds. The van der Waals surface area contributed by atoms with Crippen LogP contribution in [0.25, 0.3) is 0 Å². The standard InChI is InChI=1S/C16H23F3N2O2/c1-11(2)14(20)7-8-21(3)15(22)10-23-13-6-4-5-12(9-13)16(17,18)19/h4-6,9,11,14H,7-8,10,20H2,1-3H3. The van der Waals surface area contributed by atoms with E-state index in [1.807, 2.05) is 13.8 Å². The monoisotopic (exact) mass is 332 g/mol. The number of alkyl halides is 3. The van der Waals surface area contributed by atoms with E-state index in [1.54, 1.807) is 7.05 Å². The summed E-state index contributed by atoms with van der Waals surface area (Å²) in [6.45, 7) is 4.17. The Bertz CT molecular complexity index is 518. The highest BCUT2D eigenvalue weighted by Gasteiger charge is 2.30. The van der Waals surface area contributed by atoms with Gasteiger partial charge in [-0.05, 0) is 30.5 Å². The van der Waals surface area contributed by atoms with E-state index in [2.05, 4.69) is 0 Å². The predicted molar refractivity (Wildman–Crippen MR) is 82.0 cm³/mol. The van der Waals surface area contributed by atoms with Crippen LogP contribution in [-0.4, -0.2) is 37.0 Å². The highest BCUT2D eigenvalue weighted by atomic mass is 19.4. The first-order valence-corrected chi connectivity index (χ1v) is 7.41. The van der Waals surface area contributed by atoms with Gasteiger partial charge in [0.25, 0.3) is 5.91 Å². The van der Waals surface area contributed by atoms with Gasteiger partial charge in [-0.3, -0.25) is 4.79 Å². The lowest BCUT2D eigenvalue weighted by Gasteiger charge is -2.21. The van der Waals surface area contributed by atoms with E-state index in [9.17, 15) is 18.0 Å². The molecule has 0 spiro atoms. The van der Waals surface area contributed by atoms with Gasteiger partial charge in [0, 0.05) is 19.6 Å². The molecule has 0 aliphatic rings. The molecule has 0 heterocycles. The minimum atomic E-state index is -4.44. The fourth-order valence-corrected chi connectivity index (χ4v) is 1.82. The number of hydrogen-bond donors (Lipinski definition) is 1. The number of ether oxygens (including phenoxy) is 1. The third kappa shape index (κ3) is 6.48. The van der Waals surface area contributed by atoms with Gasteiger partial charge in [-0.15, -0.1) is 0 Å². The Hall–Kier alpha value is -1.76. The van der Waals surface area contributed by atoms with Crippen LogP contribution in [-0.2, 0) is 11.0 Å². The fraction of sp³-hybridized carbons (Fsp3) is 0.562. The summed E-state index contributed by atoms with van der Waals surface area (Å²) in [5.74, 6) is 0.0266. The SMILES string of the molecule is CC(C)C(N)CCN(C)C(=O)COc1cccc(C(F)(F)F)c1. The molecule has 1 rings (SSSR count). The van der Waals surface area contributed by atoms with E-state index in [0.717, 1.165) is 12.1 Å². The van der Waals surface area contributed by atoms with Gasteiger partial charge in [0.15, 0.2) is 6.61 Å². The van der Waals surface area contributed by atoms with Crippen LogP contribution in [0.2, 0.25) is 0 Å². The fourth-order valence-electron chi connectivity index (χ4n) is 1.82. The highest BCUT2D eigenvalue weighted by Crippen LogP contribution is 2.31. The third-order valence-corrected chi connectivity index (χ3v) is 3.60. The topological polar surface area (TPSA) is 55.6 Å². The number of rotatable bonds is 7. The van der Waals surface area contributed by atoms with E-state index in [4.69, 9.17) is 10.5 Å². The number of likely N-dealkylation sites (N-methyl/N-ethyl adjacent to an activating group) is 1. The summed E-state index contributed by atoms with van der Waals surface area (Å²) < 4.78 is 42.9. The van der Waals surface area contributed by atoms with Crippen molar-refractivity contribution in [2.45, 2.75) is 32.5 Å². The van der Waals surface area contributed by atoms with Crippen molar-refractivity contribution < 1.29 is 22.7 Å². The highest BCUT2D eigenvalue weighted by molar-refractivity contribution is 5.77. The number of hydrogen-bond acceptors (Lipinski definition) is 3. The third-order valence-electron chi connectivity index (χ3n) is 3.60. The Morgan fingerprint density at radius 3 is 2.57 bits per heavy atom. The molecule has 0 radical (unpaired) electrons. The van der Waals surface area contributed by atoms with E-state index in [-0.39, 0.29) is 24.3 Å². The molecule has 0 saturated carbocycles. The molecule has 0 aliphatic carbocycles. The summed E-state index contributed by atoms with van der Waals surface area (Å²) in [5.41, 5.74) is 5.10. The number of nitrogens with two attached hydrogens (primary N) is 1. The first kappa shape index (κ1) is 19.3. The summed E-state index contributed by atoms with van der Waals surface area (Å²) in [7, 11) is 1.62. The van der Waals surface area contributed by atoms with Crippen molar-refractivity contribution in [1.29, 1.82) is 0 Å². The van der Waals surface area contributed by atoms with Crippen LogP contribution < -0.4 is 10.5 Å². The van der Waals surface area contributed by atoms with Crippen molar-refractivity contribution >= 4 is 5.91 Å². The number of carbonyl (C=O) groups is 1. The lowest BCUT2D eigenvalue weighted by molar-refractivity contribution is -0.137. The van der Waals surface area contributed by atoms with Gasteiger partial charge in [0.2, 0.25) is 0 Å². The molecule has 1 aromatic carbocycles. The molecule has 1 atom stereocenters. The zero-order chi connectivity index (χ0) is 17.6. The Morgan fingerprint density at radius 1 is 1.35 bits per heavy atom. The molecule has 130 valence electrons. The second-order valence-electron chi connectivity index (χ2n) is 5.83. The summed E-state index contributed by atoms with van der Waals surface area (Å²) in [6.07, 6.45) is -3.78. The van der Waals surface area contributed by atoms with Crippen LogP contribution >= 0.6 is 0 Å². The molecule has 1 unspecified atom stereocenters. The number of halogens is 3. The molecule has 7 heteroatoms. The first-order valence-electron chi connectivity index (χ1n) is 7.41. The molecule has 0 bridgehead atoms. The van der Waals surface area contributed by atoms with Gasteiger partial charge in [0.1, 0.15) is 5.75 Å². The Morgan fingerprint density at radius 2 is 2.00 bits per heavy atom. The summed E-state index contributed by atoms with van der Waals surface area (Å²) in [4.78, 5) is 13.4. The van der Waals surface area contributed by atoms with Crippen molar-refractivity contribution in [2.24, 2.45) is 11.7 Å². The minimum absolute atomic E-state index is 0.00497. The molecular formula is C16H23F3N2O2. The largest absolute Gasteiger partial charge is 0.484 e. The molecule has 1 aromatic rings. The summed E-state index contributed by atoms with van der Waals surface area (Å²) in [5, 5.41) is 0. The Kier molecular flexibility index (Phi) is 6.87. The van der Waals surface area contributed by atoms with Crippen LogP contribution in [0, 0.1) is 5.92 Å². The van der Waals surface area contributed by atoms with E-state index in [1.165, 1.54) is 17.0 Å². The molecule has 0 saturated heterocycles. The Balaban J connectivity index is 2.50. The van der Waals surface area contributed by atoms with Crippen LogP contribution in [0.3, 0.4) is 0 Å². The smallest absolute Gasteiger partial charge is 0.416 e. The van der Waals surface area contributed by atoms with Gasteiger partial charge in [-0.1, -0.05) is 19.9 Å². The number of benzene rings is 1. The zero-order valence-electron chi connectivity index (χ0n) is 13.6. The normalized spacial score (nSPS) is 13.0. The summed E-state index contributed by atoms with van der Waals surface area (Å²) >= 11 is 0. The number of carbonyl (C=O) groups excluding carboxylic acids is 1. The maximum Gasteiger partial charge on any atom is 0.416 e. The molecule has 0 aromatic heterocycles. The van der Waals surface area contributed by atoms with Crippen LogP contribution in [0.15, 0.2) is 24.3 Å². The average molecular weight is 332 g/mol. The molecule has 2 N–H and O–H groups in total. The van der Waals surface area contributed by atoms with Crippen LogP contribution in [0.4, 0.5) is 13.2 Å². The van der Waals surface area contributed by atoms with Gasteiger partial charge >= 0.3 is 6.18 Å². The molecular weight excluding hydrogens is 309 g/mol. The quantitative estimate of drug-likeness (QED) is 0.835. The second kappa shape index (κ2) is 8.19. The van der Waals surface area contributed by atoms with E-state index in [0.29, 0.717) is 18.9 Å². The van der Waals surface area contributed by atoms with Gasteiger partial charge in [-0.2, -0.15) is 13.2 Å². The summed E-state index contributed by atoms with van der Waals surface area (Å²) in [6, 6.07) is 4.45. The lowest BCUT2D eigenvalue weighted by Crippen LogP contribution is -2.36. The zero-order valence-corrected chi connectivity index (χ0v) is 13.6. The van der Waals surface area contributed by atoms with Crippen molar-refractivity contribution in [1.82, 2.24) is 4.90 Å². The number of nitrogens with zero attached hydrogens (tertiary/aromatic N) is 1. The lowest BCUT2D eigenvalue weighted by atomic mass is 10.0. The maximum absolute atomic E-state index is 12.6. The minimum Gasteiger partial charge on any atom is -0.484 e. The predicted octanol–water partition coefficient (Wildman–Crippen LogP) is 2.92. The van der Waals surface area contributed by atoms with Crippen LogP contribution in [0.1, 0.15) is 25.8 Å². The molecule has 23 heavy (non-hydrogen) atoms. The van der Waals surface area contributed by atoms with Gasteiger partial charge < -0.3 is 15.4 Å². The van der Waals surface area contributed by atoms with Gasteiger partial charge in [-0.25, -0.2) is 0 Å². The van der Waals surface area contributed by atoms with Crippen molar-refractivity contribution in [2.75, 3.05) is 20.2 Å². The number of amides is 1. The van der Waals surface area contributed by atoms with Crippen molar-refractivity contribution in [3.05, 3.63) is 29.8 Å². The van der Waals surface area contributed by atoms with Gasteiger partial charge in [0.05, 0.1) is 5.56 Å². The van der Waals surface area contributed by atoms with Crippen molar-refractivity contribution in [3.8, 4) is 5.75 Å². The Labute approximate surface area is 134 Å². The average Bonchev–Trinajstić information content (AvgIpc) is 2.49. The van der Waals surface area contributed by atoms with E-state index < -0.39 is 11.7 Å². The molecule has 0 aliphatic heterocycles. The van der Waals surface area contributed by atoms with E-state index >= 15 is 0 Å².